The zero-order chi connectivity index (χ0) is 15.9. The number of furan rings is 1. The van der Waals surface area contributed by atoms with Crippen molar-refractivity contribution in [2.45, 2.75) is 13.8 Å². The van der Waals surface area contributed by atoms with Crippen molar-refractivity contribution in [3.05, 3.63) is 47.9 Å². The number of carbonyl (C=O) groups is 1. The van der Waals surface area contributed by atoms with Crippen molar-refractivity contribution in [2.24, 2.45) is 5.10 Å². The molecule has 1 N–H and O–H groups in total. The summed E-state index contributed by atoms with van der Waals surface area (Å²) in [7, 11) is 1.54. The zero-order valence-corrected chi connectivity index (χ0v) is 12.8. The molecule has 0 bridgehead atoms. The van der Waals surface area contributed by atoms with Gasteiger partial charge in [0.15, 0.2) is 18.1 Å². The fourth-order valence-corrected chi connectivity index (χ4v) is 1.74. The molecule has 2 rings (SSSR count). The number of hydrazone groups is 1. The molecule has 0 aliphatic heterocycles. The molecule has 6 heteroatoms. The van der Waals surface area contributed by atoms with Gasteiger partial charge in [0.05, 0.1) is 7.11 Å². The third-order valence-electron chi connectivity index (χ3n) is 2.87. The van der Waals surface area contributed by atoms with Crippen LogP contribution in [0.2, 0.25) is 0 Å². The van der Waals surface area contributed by atoms with E-state index in [1.807, 2.05) is 19.1 Å². The lowest BCUT2D eigenvalue weighted by molar-refractivity contribution is -0.123. The highest BCUT2D eigenvalue weighted by atomic mass is 16.5. The predicted molar refractivity (Wildman–Crippen MR) is 82.3 cm³/mol. The lowest BCUT2D eigenvalue weighted by atomic mass is 10.3. The number of hydrogen-bond donors (Lipinski definition) is 1. The largest absolute Gasteiger partial charge is 0.493 e. The molecule has 2 aromatic rings. The topological polar surface area (TPSA) is 73.1 Å². The van der Waals surface area contributed by atoms with Gasteiger partial charge >= 0.3 is 0 Å². The van der Waals surface area contributed by atoms with Crippen LogP contribution in [0.5, 0.6) is 11.5 Å². The standard InChI is InChI=1S/C16H18N2O4/c1-11-8-9-13(22-11)12(2)17-18-16(19)10-21-15-7-5-4-6-14(15)20-3/h4-9H,10H2,1-3H3,(H,18,19)/b17-12-. The molecule has 0 saturated heterocycles. The molecule has 0 atom stereocenters. The van der Waals surface area contributed by atoms with Gasteiger partial charge in [0.25, 0.3) is 5.91 Å². The molecular weight excluding hydrogens is 284 g/mol. The SMILES string of the molecule is COc1ccccc1OCC(=O)N/N=C(/C)c1ccc(C)o1. The zero-order valence-electron chi connectivity index (χ0n) is 12.8. The second-order valence-electron chi connectivity index (χ2n) is 4.58. The number of benzene rings is 1. The van der Waals surface area contributed by atoms with E-state index in [1.54, 1.807) is 38.3 Å². The Morgan fingerprint density at radius 2 is 1.95 bits per heavy atom. The van der Waals surface area contributed by atoms with E-state index in [2.05, 4.69) is 10.5 Å². The average Bonchev–Trinajstić information content (AvgIpc) is 2.97. The number of methoxy groups -OCH3 is 1. The summed E-state index contributed by atoms with van der Waals surface area (Å²) in [5.74, 6) is 2.11. The highest BCUT2D eigenvalue weighted by Crippen LogP contribution is 2.25. The Balaban J connectivity index is 1.88. The number of aryl methyl sites for hydroxylation is 1. The number of carbonyl (C=O) groups excluding carboxylic acids is 1. The summed E-state index contributed by atoms with van der Waals surface area (Å²) in [5.41, 5.74) is 3.00. The Hall–Kier alpha value is -2.76. The molecule has 0 spiro atoms. The van der Waals surface area contributed by atoms with Gasteiger partial charge in [0, 0.05) is 0 Å². The van der Waals surface area contributed by atoms with E-state index in [4.69, 9.17) is 13.9 Å². The van der Waals surface area contributed by atoms with Gasteiger partial charge in [-0.1, -0.05) is 12.1 Å². The van der Waals surface area contributed by atoms with Crippen LogP contribution in [0.4, 0.5) is 0 Å². The Labute approximate surface area is 128 Å². The first-order valence-corrected chi connectivity index (χ1v) is 6.76. The van der Waals surface area contributed by atoms with E-state index in [-0.39, 0.29) is 12.5 Å². The summed E-state index contributed by atoms with van der Waals surface area (Å²) in [6.07, 6.45) is 0. The molecule has 0 radical (unpaired) electrons. The van der Waals surface area contributed by atoms with E-state index in [0.717, 1.165) is 5.76 Å². The highest BCUT2D eigenvalue weighted by Gasteiger charge is 2.07. The minimum Gasteiger partial charge on any atom is -0.493 e. The van der Waals surface area contributed by atoms with Crippen LogP contribution in [0.25, 0.3) is 0 Å². The number of hydrogen-bond acceptors (Lipinski definition) is 5. The van der Waals surface area contributed by atoms with Crippen molar-refractivity contribution in [3.8, 4) is 11.5 Å². The number of ether oxygens (including phenoxy) is 2. The molecule has 1 aromatic carbocycles. The van der Waals surface area contributed by atoms with Gasteiger partial charge in [-0.2, -0.15) is 5.10 Å². The fraction of sp³-hybridized carbons (Fsp3) is 0.250. The molecular formula is C16H18N2O4. The summed E-state index contributed by atoms with van der Waals surface area (Å²) in [4.78, 5) is 11.7. The summed E-state index contributed by atoms with van der Waals surface area (Å²) >= 11 is 0. The second-order valence-corrected chi connectivity index (χ2v) is 4.58. The van der Waals surface area contributed by atoms with Crippen LogP contribution in [0.15, 0.2) is 45.9 Å². The van der Waals surface area contributed by atoms with Crippen LogP contribution < -0.4 is 14.9 Å². The number of nitrogens with one attached hydrogen (secondary N) is 1. The van der Waals surface area contributed by atoms with Gasteiger partial charge < -0.3 is 13.9 Å². The molecule has 22 heavy (non-hydrogen) atoms. The number of para-hydroxylation sites is 2. The Kier molecular flexibility index (Phi) is 5.19. The van der Waals surface area contributed by atoms with Crippen LogP contribution in [-0.4, -0.2) is 25.3 Å². The van der Waals surface area contributed by atoms with Crippen molar-refractivity contribution in [3.63, 3.8) is 0 Å². The number of rotatable bonds is 6. The molecule has 1 heterocycles. The van der Waals surface area contributed by atoms with E-state index in [0.29, 0.717) is 23.0 Å². The Morgan fingerprint density at radius 1 is 1.23 bits per heavy atom. The van der Waals surface area contributed by atoms with Gasteiger partial charge in [-0.3, -0.25) is 4.79 Å². The van der Waals surface area contributed by atoms with Crippen LogP contribution in [0, 0.1) is 6.92 Å². The maximum absolute atomic E-state index is 11.7. The second kappa shape index (κ2) is 7.31. The van der Waals surface area contributed by atoms with Gasteiger partial charge in [-0.15, -0.1) is 0 Å². The van der Waals surface area contributed by atoms with Crippen LogP contribution in [-0.2, 0) is 4.79 Å². The first-order chi connectivity index (χ1) is 10.6. The van der Waals surface area contributed by atoms with Crippen molar-refractivity contribution in [1.82, 2.24) is 5.43 Å². The fourth-order valence-electron chi connectivity index (χ4n) is 1.74. The quantitative estimate of drug-likeness (QED) is 0.657. The van der Waals surface area contributed by atoms with Crippen molar-refractivity contribution < 1.29 is 18.7 Å². The Bertz CT molecular complexity index is 676. The Morgan fingerprint density at radius 3 is 2.59 bits per heavy atom. The molecule has 0 fully saturated rings. The first-order valence-electron chi connectivity index (χ1n) is 6.76. The first kappa shape index (κ1) is 15.6. The smallest absolute Gasteiger partial charge is 0.277 e. The van der Waals surface area contributed by atoms with E-state index < -0.39 is 0 Å². The number of nitrogens with zero attached hydrogens (tertiary/aromatic N) is 1. The van der Waals surface area contributed by atoms with Gasteiger partial charge in [0.2, 0.25) is 0 Å². The molecule has 0 aliphatic carbocycles. The lowest BCUT2D eigenvalue weighted by Crippen LogP contribution is -2.25. The van der Waals surface area contributed by atoms with Crippen LogP contribution in [0.3, 0.4) is 0 Å². The third-order valence-corrected chi connectivity index (χ3v) is 2.87. The maximum atomic E-state index is 11.7. The number of amides is 1. The predicted octanol–water partition coefficient (Wildman–Crippen LogP) is 2.52. The van der Waals surface area contributed by atoms with E-state index in [9.17, 15) is 4.79 Å². The van der Waals surface area contributed by atoms with Crippen LogP contribution >= 0.6 is 0 Å². The minimum absolute atomic E-state index is 0.158. The molecule has 1 amide bonds. The van der Waals surface area contributed by atoms with Crippen molar-refractivity contribution in [1.29, 1.82) is 0 Å². The lowest BCUT2D eigenvalue weighted by Gasteiger charge is -2.09. The van der Waals surface area contributed by atoms with Crippen molar-refractivity contribution in [2.75, 3.05) is 13.7 Å². The van der Waals surface area contributed by atoms with E-state index in [1.165, 1.54) is 0 Å². The molecule has 1 aromatic heterocycles. The van der Waals surface area contributed by atoms with Gasteiger partial charge in [-0.05, 0) is 38.1 Å². The molecule has 6 nitrogen and oxygen atoms in total. The normalized spacial score (nSPS) is 11.1. The van der Waals surface area contributed by atoms with Gasteiger partial charge in [0.1, 0.15) is 17.2 Å². The molecule has 0 unspecified atom stereocenters. The summed E-state index contributed by atoms with van der Waals surface area (Å²) < 4.78 is 15.9. The summed E-state index contributed by atoms with van der Waals surface area (Å²) in [6, 6.07) is 10.7. The highest BCUT2D eigenvalue weighted by molar-refractivity contribution is 5.96. The summed E-state index contributed by atoms with van der Waals surface area (Å²) in [6.45, 7) is 3.43. The minimum atomic E-state index is -0.367. The molecule has 0 saturated carbocycles. The molecule has 0 aliphatic rings. The molecule has 116 valence electrons. The summed E-state index contributed by atoms with van der Waals surface area (Å²) in [5, 5.41) is 3.97. The van der Waals surface area contributed by atoms with Gasteiger partial charge in [-0.25, -0.2) is 5.43 Å². The average molecular weight is 302 g/mol. The van der Waals surface area contributed by atoms with E-state index >= 15 is 0 Å². The third kappa shape index (κ3) is 4.12. The maximum Gasteiger partial charge on any atom is 0.277 e. The van der Waals surface area contributed by atoms with Crippen LogP contribution in [0.1, 0.15) is 18.4 Å². The van der Waals surface area contributed by atoms with Crippen molar-refractivity contribution >= 4 is 11.6 Å². The monoisotopic (exact) mass is 302 g/mol.